The van der Waals surface area contributed by atoms with Gasteiger partial charge in [0.2, 0.25) is 5.78 Å². The van der Waals surface area contributed by atoms with Crippen LogP contribution in [0.1, 0.15) is 50.2 Å². The lowest BCUT2D eigenvalue weighted by Crippen LogP contribution is -2.28. The van der Waals surface area contributed by atoms with Crippen molar-refractivity contribution in [3.8, 4) is 5.75 Å². The van der Waals surface area contributed by atoms with Crippen molar-refractivity contribution in [2.24, 2.45) is 0 Å². The second-order valence-corrected chi connectivity index (χ2v) is 6.67. The molecular weight excluding hydrogens is 362 g/mol. The van der Waals surface area contributed by atoms with E-state index in [1.807, 2.05) is 26.0 Å². The number of aromatic nitrogens is 1. The first-order chi connectivity index (χ1) is 13.1. The van der Waals surface area contributed by atoms with E-state index in [0.717, 1.165) is 11.1 Å². The number of hydrogen-bond acceptors (Lipinski definition) is 6. The highest BCUT2D eigenvalue weighted by Crippen LogP contribution is 2.21. The Labute approximate surface area is 164 Å². The summed E-state index contributed by atoms with van der Waals surface area (Å²) in [5, 5.41) is 0. The lowest BCUT2D eigenvalue weighted by molar-refractivity contribution is -0.148. The molecule has 0 fully saturated rings. The van der Waals surface area contributed by atoms with Crippen molar-refractivity contribution in [1.29, 1.82) is 0 Å². The first kappa shape index (κ1) is 21.2. The zero-order valence-electron chi connectivity index (χ0n) is 17.0. The molecule has 0 spiro atoms. The number of aromatic amines is 1. The van der Waals surface area contributed by atoms with Crippen LogP contribution in [-0.2, 0) is 14.3 Å². The number of hydrogen-bond donors (Lipinski definition) is 1. The molecule has 1 atom stereocenters. The zero-order valence-corrected chi connectivity index (χ0v) is 17.0. The van der Waals surface area contributed by atoms with E-state index < -0.39 is 23.8 Å². The van der Waals surface area contributed by atoms with Crippen LogP contribution in [0.25, 0.3) is 0 Å². The molecule has 1 aromatic heterocycles. The van der Waals surface area contributed by atoms with Gasteiger partial charge in [-0.2, -0.15) is 0 Å². The van der Waals surface area contributed by atoms with Crippen molar-refractivity contribution >= 4 is 17.7 Å². The fraction of sp³-hybridized carbons (Fsp3) is 0.381. The molecule has 0 aliphatic heterocycles. The van der Waals surface area contributed by atoms with Crippen molar-refractivity contribution in [1.82, 2.24) is 4.98 Å². The van der Waals surface area contributed by atoms with Crippen molar-refractivity contribution in [2.45, 2.75) is 40.7 Å². The Balaban J connectivity index is 2.02. The fourth-order valence-corrected chi connectivity index (χ4v) is 2.99. The topological polar surface area (TPSA) is 94.7 Å². The van der Waals surface area contributed by atoms with Gasteiger partial charge in [0, 0.05) is 5.69 Å². The summed E-state index contributed by atoms with van der Waals surface area (Å²) >= 11 is 0. The Kier molecular flexibility index (Phi) is 6.62. The first-order valence-electron chi connectivity index (χ1n) is 8.86. The summed E-state index contributed by atoms with van der Waals surface area (Å²) in [5.74, 6) is -1.04. The Morgan fingerprint density at radius 1 is 1.11 bits per heavy atom. The number of aryl methyl sites for hydroxylation is 3. The summed E-state index contributed by atoms with van der Waals surface area (Å²) in [5.41, 5.74) is 3.50. The standard InChI is InChI=1S/C21H25NO6/c1-11-7-8-16(12(2)9-11)27-10-17(23)28-15(5)20(24)19-13(3)18(14(4)22-19)21(25)26-6/h7-9,15,22H,10H2,1-6H3/t15-/m1/s1. The summed E-state index contributed by atoms with van der Waals surface area (Å²) in [6.45, 7) is 8.33. The number of Topliss-reactive ketones (excluding diaryl/α,β-unsaturated/α-hetero) is 1. The van der Waals surface area contributed by atoms with Crippen molar-refractivity contribution < 1.29 is 28.6 Å². The number of carbonyl (C=O) groups excluding carboxylic acids is 3. The second kappa shape index (κ2) is 8.73. The number of H-pyrrole nitrogens is 1. The Morgan fingerprint density at radius 2 is 1.79 bits per heavy atom. The number of carbonyl (C=O) groups is 3. The summed E-state index contributed by atoms with van der Waals surface area (Å²) < 4.78 is 15.4. The number of ether oxygens (including phenoxy) is 3. The Morgan fingerprint density at radius 3 is 2.39 bits per heavy atom. The van der Waals surface area contributed by atoms with Gasteiger partial charge in [0.05, 0.1) is 18.4 Å². The summed E-state index contributed by atoms with van der Waals surface area (Å²) in [6, 6.07) is 5.61. The lowest BCUT2D eigenvalue weighted by atomic mass is 10.1. The molecule has 0 saturated carbocycles. The van der Waals surface area contributed by atoms with E-state index in [-0.39, 0.29) is 12.3 Å². The maximum atomic E-state index is 12.6. The SMILES string of the molecule is COC(=O)c1c(C)[nH]c(C(=O)[C@@H](C)OC(=O)COc2ccc(C)cc2C)c1C. The minimum Gasteiger partial charge on any atom is -0.482 e. The maximum Gasteiger partial charge on any atom is 0.344 e. The Hall–Kier alpha value is -3.09. The molecule has 7 nitrogen and oxygen atoms in total. The number of benzene rings is 1. The molecule has 28 heavy (non-hydrogen) atoms. The molecule has 1 aromatic carbocycles. The highest BCUT2D eigenvalue weighted by Gasteiger charge is 2.27. The minimum atomic E-state index is -1.03. The van der Waals surface area contributed by atoms with E-state index in [9.17, 15) is 14.4 Å². The van der Waals surface area contributed by atoms with Crippen LogP contribution < -0.4 is 4.74 Å². The van der Waals surface area contributed by atoms with Crippen LogP contribution in [0.2, 0.25) is 0 Å². The molecule has 7 heteroatoms. The average molecular weight is 387 g/mol. The van der Waals surface area contributed by atoms with Crippen LogP contribution in [0.4, 0.5) is 0 Å². The molecule has 0 aliphatic carbocycles. The van der Waals surface area contributed by atoms with Gasteiger partial charge in [-0.1, -0.05) is 17.7 Å². The van der Waals surface area contributed by atoms with Gasteiger partial charge < -0.3 is 19.2 Å². The molecule has 150 valence electrons. The molecule has 0 unspecified atom stereocenters. The normalized spacial score (nSPS) is 11.6. The first-order valence-corrected chi connectivity index (χ1v) is 8.86. The van der Waals surface area contributed by atoms with Crippen LogP contribution in [0, 0.1) is 27.7 Å². The predicted molar refractivity (Wildman–Crippen MR) is 103 cm³/mol. The molecule has 0 saturated heterocycles. The van der Waals surface area contributed by atoms with Gasteiger partial charge in [-0.25, -0.2) is 9.59 Å². The molecule has 0 amide bonds. The van der Waals surface area contributed by atoms with E-state index in [1.165, 1.54) is 14.0 Å². The van der Waals surface area contributed by atoms with Crippen molar-refractivity contribution in [2.75, 3.05) is 13.7 Å². The summed E-state index contributed by atoms with van der Waals surface area (Å²) in [4.78, 5) is 39.4. The third-order valence-electron chi connectivity index (χ3n) is 4.43. The molecule has 1 N–H and O–H groups in total. The Bertz CT molecular complexity index is 912. The quantitative estimate of drug-likeness (QED) is 0.579. The zero-order chi connectivity index (χ0) is 21.0. The second-order valence-electron chi connectivity index (χ2n) is 6.67. The van der Waals surface area contributed by atoms with Gasteiger partial charge in [-0.3, -0.25) is 4.79 Å². The molecule has 1 heterocycles. The average Bonchev–Trinajstić information content (AvgIpc) is 2.93. The number of rotatable bonds is 7. The molecular formula is C21H25NO6. The maximum absolute atomic E-state index is 12.6. The van der Waals surface area contributed by atoms with Crippen molar-refractivity contribution in [3.05, 3.63) is 51.8 Å². The lowest BCUT2D eigenvalue weighted by Gasteiger charge is -2.13. The van der Waals surface area contributed by atoms with Crippen molar-refractivity contribution in [3.63, 3.8) is 0 Å². The minimum absolute atomic E-state index is 0.216. The number of methoxy groups -OCH3 is 1. The van der Waals surface area contributed by atoms with E-state index >= 15 is 0 Å². The number of nitrogens with one attached hydrogen (secondary N) is 1. The van der Waals surface area contributed by atoms with E-state index in [0.29, 0.717) is 22.6 Å². The summed E-state index contributed by atoms with van der Waals surface area (Å²) in [7, 11) is 1.27. The van der Waals surface area contributed by atoms with E-state index in [2.05, 4.69) is 4.98 Å². The van der Waals surface area contributed by atoms with Gasteiger partial charge in [-0.15, -0.1) is 0 Å². The predicted octanol–water partition coefficient (Wildman–Crippen LogP) is 3.23. The molecule has 0 bridgehead atoms. The number of ketones is 1. The third-order valence-corrected chi connectivity index (χ3v) is 4.43. The summed E-state index contributed by atoms with van der Waals surface area (Å²) in [6.07, 6.45) is -1.03. The fourth-order valence-electron chi connectivity index (χ4n) is 2.99. The monoisotopic (exact) mass is 387 g/mol. The third kappa shape index (κ3) is 4.60. The van der Waals surface area contributed by atoms with Crippen LogP contribution in [-0.4, -0.2) is 42.5 Å². The van der Waals surface area contributed by atoms with Gasteiger partial charge >= 0.3 is 11.9 Å². The highest BCUT2D eigenvalue weighted by atomic mass is 16.6. The van der Waals surface area contributed by atoms with Gasteiger partial charge in [-0.05, 0) is 51.8 Å². The van der Waals surface area contributed by atoms with Gasteiger partial charge in [0.25, 0.3) is 0 Å². The smallest absolute Gasteiger partial charge is 0.344 e. The van der Waals surface area contributed by atoms with Crippen LogP contribution in [0.3, 0.4) is 0 Å². The van der Waals surface area contributed by atoms with Crippen LogP contribution >= 0.6 is 0 Å². The molecule has 0 aliphatic rings. The highest BCUT2D eigenvalue weighted by molar-refractivity contribution is 6.03. The van der Waals surface area contributed by atoms with Gasteiger partial charge in [0.1, 0.15) is 5.75 Å². The molecule has 0 radical (unpaired) electrons. The number of esters is 2. The van der Waals surface area contributed by atoms with Crippen LogP contribution in [0.5, 0.6) is 5.75 Å². The van der Waals surface area contributed by atoms with E-state index in [4.69, 9.17) is 14.2 Å². The largest absolute Gasteiger partial charge is 0.482 e. The van der Waals surface area contributed by atoms with E-state index in [1.54, 1.807) is 19.9 Å². The van der Waals surface area contributed by atoms with Crippen LogP contribution in [0.15, 0.2) is 18.2 Å². The molecule has 2 aromatic rings. The van der Waals surface area contributed by atoms with Gasteiger partial charge in [0.15, 0.2) is 12.7 Å². The molecule has 2 rings (SSSR count).